The van der Waals surface area contributed by atoms with Crippen molar-refractivity contribution < 1.29 is 4.79 Å². The number of thioether (sulfide) groups is 1. The summed E-state index contributed by atoms with van der Waals surface area (Å²) in [5.41, 5.74) is 5.22. The van der Waals surface area contributed by atoms with Gasteiger partial charge in [-0.15, -0.1) is 0 Å². The maximum atomic E-state index is 13.0. The van der Waals surface area contributed by atoms with Crippen molar-refractivity contribution in [3.8, 4) is 11.8 Å². The minimum atomic E-state index is -0.0328. The molecule has 1 aromatic heterocycles. The number of anilines is 1. The first-order chi connectivity index (χ1) is 14.0. The van der Waals surface area contributed by atoms with Crippen LogP contribution in [-0.2, 0) is 4.79 Å². The lowest BCUT2D eigenvalue weighted by atomic mass is 10.1. The van der Waals surface area contributed by atoms with E-state index in [1.54, 1.807) is 11.1 Å². The molecule has 5 nitrogen and oxygen atoms in total. The molecule has 0 saturated heterocycles. The number of amides is 1. The Morgan fingerprint density at radius 1 is 1.17 bits per heavy atom. The van der Waals surface area contributed by atoms with E-state index in [1.165, 1.54) is 11.8 Å². The Labute approximate surface area is 176 Å². The molecule has 0 aliphatic heterocycles. The van der Waals surface area contributed by atoms with Gasteiger partial charge < -0.3 is 4.90 Å². The maximum Gasteiger partial charge on any atom is 0.237 e. The molecule has 0 radical (unpaired) electrons. The third-order valence-corrected chi connectivity index (χ3v) is 5.52. The highest BCUT2D eigenvalue weighted by Crippen LogP contribution is 2.25. The Balaban J connectivity index is 1.79. The van der Waals surface area contributed by atoms with Crippen LogP contribution in [0.5, 0.6) is 0 Å². The predicted molar refractivity (Wildman–Crippen MR) is 118 cm³/mol. The average molecular weight is 405 g/mol. The van der Waals surface area contributed by atoms with Gasteiger partial charge in [-0.3, -0.25) is 9.36 Å². The zero-order valence-electron chi connectivity index (χ0n) is 16.9. The van der Waals surface area contributed by atoms with Gasteiger partial charge in [0.05, 0.1) is 23.9 Å². The summed E-state index contributed by atoms with van der Waals surface area (Å²) in [5, 5.41) is 9.79. The number of aromatic nitrogens is 2. The zero-order chi connectivity index (χ0) is 20.8. The Hall–Kier alpha value is -3.04. The van der Waals surface area contributed by atoms with Crippen molar-refractivity contribution in [2.24, 2.45) is 0 Å². The van der Waals surface area contributed by atoms with Gasteiger partial charge in [0, 0.05) is 24.6 Å². The van der Waals surface area contributed by atoms with Crippen molar-refractivity contribution in [3.63, 3.8) is 0 Å². The SMILES string of the molecule is Cc1cc(C)cc(N(CCC#N)C(=O)CSc2nccn2-c2ccccc2C)c1. The molecule has 1 amide bonds. The molecule has 0 aliphatic rings. The molecule has 3 aromatic rings. The summed E-state index contributed by atoms with van der Waals surface area (Å²) in [6.45, 7) is 6.46. The second-order valence-corrected chi connectivity index (χ2v) is 7.90. The number of hydrogen-bond donors (Lipinski definition) is 0. The second-order valence-electron chi connectivity index (χ2n) is 6.95. The lowest BCUT2D eigenvalue weighted by Crippen LogP contribution is -2.33. The third kappa shape index (κ3) is 5.07. The Bertz CT molecular complexity index is 1030. The third-order valence-electron chi connectivity index (χ3n) is 4.57. The van der Waals surface area contributed by atoms with Crippen molar-refractivity contribution >= 4 is 23.4 Å². The van der Waals surface area contributed by atoms with E-state index < -0.39 is 0 Å². The standard InChI is InChI=1S/C23H24N4OS/c1-17-13-18(2)15-20(14-17)26(11-6-9-24)22(28)16-29-23-25-10-12-27(23)21-8-5-4-7-19(21)3/h4-5,7-8,10,12-15H,6,11,16H2,1-3H3. The van der Waals surface area contributed by atoms with Gasteiger partial charge in [0.25, 0.3) is 0 Å². The normalized spacial score (nSPS) is 10.6. The summed E-state index contributed by atoms with van der Waals surface area (Å²) in [7, 11) is 0. The topological polar surface area (TPSA) is 61.9 Å². The summed E-state index contributed by atoms with van der Waals surface area (Å²) < 4.78 is 2.00. The molecule has 6 heteroatoms. The second kappa shape index (κ2) is 9.44. The fourth-order valence-electron chi connectivity index (χ4n) is 3.28. The Morgan fingerprint density at radius 2 is 1.90 bits per heavy atom. The van der Waals surface area contributed by atoms with E-state index in [2.05, 4.69) is 30.1 Å². The fourth-order valence-corrected chi connectivity index (χ4v) is 4.13. The summed E-state index contributed by atoms with van der Waals surface area (Å²) in [6.07, 6.45) is 3.95. The minimum absolute atomic E-state index is 0.0328. The number of carbonyl (C=O) groups is 1. The van der Waals surface area contributed by atoms with E-state index in [0.29, 0.717) is 13.0 Å². The van der Waals surface area contributed by atoms with Gasteiger partial charge in [0.1, 0.15) is 0 Å². The van der Waals surface area contributed by atoms with Crippen molar-refractivity contribution in [2.45, 2.75) is 32.3 Å². The van der Waals surface area contributed by atoms with E-state index in [4.69, 9.17) is 5.26 Å². The molecule has 0 fully saturated rings. The molecule has 1 heterocycles. The van der Waals surface area contributed by atoms with Crippen LogP contribution >= 0.6 is 11.8 Å². The van der Waals surface area contributed by atoms with Crippen LogP contribution in [-0.4, -0.2) is 27.8 Å². The number of nitrogens with zero attached hydrogens (tertiary/aromatic N) is 4. The number of benzene rings is 2. The average Bonchev–Trinajstić information content (AvgIpc) is 3.14. The summed E-state index contributed by atoms with van der Waals surface area (Å²) in [4.78, 5) is 19.2. The molecule has 0 unspecified atom stereocenters. The largest absolute Gasteiger partial charge is 0.311 e. The molecule has 0 N–H and O–H groups in total. The van der Waals surface area contributed by atoms with E-state index in [0.717, 1.165) is 33.2 Å². The van der Waals surface area contributed by atoms with E-state index in [9.17, 15) is 4.79 Å². The van der Waals surface area contributed by atoms with Gasteiger partial charge in [0.15, 0.2) is 5.16 Å². The number of aryl methyl sites for hydroxylation is 3. The molecule has 0 bridgehead atoms. The lowest BCUT2D eigenvalue weighted by Gasteiger charge is -2.23. The van der Waals surface area contributed by atoms with Crippen LogP contribution in [0.4, 0.5) is 5.69 Å². The number of carbonyl (C=O) groups excluding carboxylic acids is 1. The first-order valence-corrected chi connectivity index (χ1v) is 10.5. The molecule has 0 saturated carbocycles. The highest BCUT2D eigenvalue weighted by Gasteiger charge is 2.18. The summed E-state index contributed by atoms with van der Waals surface area (Å²) in [5.74, 6) is 0.219. The number of nitriles is 1. The molecule has 0 aliphatic carbocycles. The monoisotopic (exact) mass is 404 g/mol. The molecule has 0 spiro atoms. The highest BCUT2D eigenvalue weighted by molar-refractivity contribution is 7.99. The number of rotatable bonds is 7. The van der Waals surface area contributed by atoms with Crippen molar-refractivity contribution in [2.75, 3.05) is 17.2 Å². The number of hydrogen-bond acceptors (Lipinski definition) is 4. The fraction of sp³-hybridized carbons (Fsp3) is 0.261. The Kier molecular flexibility index (Phi) is 6.73. The summed E-state index contributed by atoms with van der Waals surface area (Å²) in [6, 6.07) is 16.3. The lowest BCUT2D eigenvalue weighted by molar-refractivity contribution is -0.116. The van der Waals surface area contributed by atoms with Gasteiger partial charge in [-0.05, 0) is 55.7 Å². The van der Waals surface area contributed by atoms with Gasteiger partial charge >= 0.3 is 0 Å². The smallest absolute Gasteiger partial charge is 0.237 e. The molecule has 148 valence electrons. The van der Waals surface area contributed by atoms with Crippen LogP contribution in [0.15, 0.2) is 60.0 Å². The highest BCUT2D eigenvalue weighted by atomic mass is 32.2. The molecule has 2 aromatic carbocycles. The summed E-state index contributed by atoms with van der Waals surface area (Å²) >= 11 is 1.41. The van der Waals surface area contributed by atoms with Crippen LogP contribution in [0.2, 0.25) is 0 Å². The first kappa shape index (κ1) is 20.7. The van der Waals surface area contributed by atoms with Crippen LogP contribution in [0.1, 0.15) is 23.1 Å². The van der Waals surface area contributed by atoms with Gasteiger partial charge in [0.2, 0.25) is 5.91 Å². The molecular weight excluding hydrogens is 380 g/mol. The van der Waals surface area contributed by atoms with E-state index in [1.807, 2.05) is 54.9 Å². The van der Waals surface area contributed by atoms with Crippen LogP contribution in [0.3, 0.4) is 0 Å². The predicted octanol–water partition coefficient (Wildman–Crippen LogP) is 4.84. The van der Waals surface area contributed by atoms with Gasteiger partial charge in [-0.1, -0.05) is 36.0 Å². The Morgan fingerprint density at radius 3 is 2.59 bits per heavy atom. The van der Waals surface area contributed by atoms with E-state index in [-0.39, 0.29) is 11.7 Å². The molecule has 3 rings (SSSR count). The van der Waals surface area contributed by atoms with Crippen molar-refractivity contribution in [1.82, 2.24) is 9.55 Å². The number of para-hydroxylation sites is 1. The zero-order valence-corrected chi connectivity index (χ0v) is 17.7. The molecule has 0 atom stereocenters. The van der Waals surface area contributed by atoms with E-state index >= 15 is 0 Å². The van der Waals surface area contributed by atoms with Crippen LogP contribution in [0, 0.1) is 32.1 Å². The quantitative estimate of drug-likeness (QED) is 0.529. The van der Waals surface area contributed by atoms with Crippen LogP contribution < -0.4 is 4.90 Å². The van der Waals surface area contributed by atoms with Gasteiger partial charge in [-0.25, -0.2) is 4.98 Å². The molecule has 29 heavy (non-hydrogen) atoms. The van der Waals surface area contributed by atoms with Crippen molar-refractivity contribution in [3.05, 3.63) is 71.5 Å². The van der Waals surface area contributed by atoms with Crippen LogP contribution in [0.25, 0.3) is 5.69 Å². The maximum absolute atomic E-state index is 13.0. The molecular formula is C23H24N4OS. The number of imidazole rings is 1. The minimum Gasteiger partial charge on any atom is -0.311 e. The van der Waals surface area contributed by atoms with Gasteiger partial charge in [-0.2, -0.15) is 5.26 Å². The first-order valence-electron chi connectivity index (χ1n) is 9.47. The van der Waals surface area contributed by atoms with Crippen molar-refractivity contribution in [1.29, 1.82) is 5.26 Å².